The van der Waals surface area contributed by atoms with E-state index in [1.54, 1.807) is 6.08 Å². The highest BCUT2D eigenvalue weighted by Gasteiger charge is 2.13. The van der Waals surface area contributed by atoms with Crippen LogP contribution >= 0.6 is 0 Å². The molecule has 1 saturated carbocycles. The van der Waals surface area contributed by atoms with Crippen molar-refractivity contribution in [3.63, 3.8) is 0 Å². The average Bonchev–Trinajstić information content (AvgIpc) is 2.51. The number of carbonyl (C=O) groups excluding carboxylic acids is 1. The Labute approximate surface area is 71.1 Å². The summed E-state index contributed by atoms with van der Waals surface area (Å²) < 4.78 is 0. The van der Waals surface area contributed by atoms with E-state index in [9.17, 15) is 9.59 Å². The summed E-state index contributed by atoms with van der Waals surface area (Å²) in [5.74, 6) is -1.76. The lowest BCUT2D eigenvalue weighted by Crippen LogP contribution is -2.08. The third kappa shape index (κ3) is 2.49. The fourth-order valence-electron chi connectivity index (χ4n) is 1.44. The minimum absolute atomic E-state index is 0.424. The molecule has 0 aromatic heterocycles. The second-order valence-corrected chi connectivity index (χ2v) is 3.07. The largest absolute Gasteiger partial charge is 0.475 e. The van der Waals surface area contributed by atoms with E-state index in [4.69, 9.17) is 5.11 Å². The van der Waals surface area contributed by atoms with Crippen LogP contribution in [0.25, 0.3) is 0 Å². The Kier molecular flexibility index (Phi) is 3.02. The van der Waals surface area contributed by atoms with Gasteiger partial charge in [-0.2, -0.15) is 0 Å². The molecule has 1 N–H and O–H groups in total. The molecule has 1 rings (SSSR count). The Balaban J connectivity index is 2.38. The van der Waals surface area contributed by atoms with Crippen LogP contribution < -0.4 is 0 Å². The van der Waals surface area contributed by atoms with Gasteiger partial charge in [-0.25, -0.2) is 4.79 Å². The highest BCUT2D eigenvalue weighted by molar-refractivity contribution is 6.37. The van der Waals surface area contributed by atoms with Gasteiger partial charge in [0.05, 0.1) is 0 Å². The van der Waals surface area contributed by atoms with Gasteiger partial charge in [0.2, 0.25) is 0 Å². The van der Waals surface area contributed by atoms with Crippen molar-refractivity contribution in [3.8, 4) is 0 Å². The van der Waals surface area contributed by atoms with Crippen molar-refractivity contribution in [2.45, 2.75) is 25.7 Å². The minimum Gasteiger partial charge on any atom is -0.475 e. The third-order valence-corrected chi connectivity index (χ3v) is 2.13. The molecule has 0 bridgehead atoms. The fraction of sp³-hybridized carbons (Fsp3) is 0.556. The van der Waals surface area contributed by atoms with Crippen LogP contribution in [0.4, 0.5) is 0 Å². The molecule has 0 aliphatic heterocycles. The van der Waals surface area contributed by atoms with E-state index in [0.29, 0.717) is 5.92 Å². The number of carboxylic acid groups (broad SMARTS) is 1. The van der Waals surface area contributed by atoms with E-state index in [1.807, 2.05) is 0 Å². The number of carbonyl (C=O) groups is 2. The van der Waals surface area contributed by atoms with Crippen LogP contribution in [0, 0.1) is 5.92 Å². The van der Waals surface area contributed by atoms with Crippen LogP contribution in [0.15, 0.2) is 12.2 Å². The Bertz CT molecular complexity index is 212. The van der Waals surface area contributed by atoms with Crippen LogP contribution in [-0.4, -0.2) is 16.9 Å². The monoisotopic (exact) mass is 168 g/mol. The van der Waals surface area contributed by atoms with Gasteiger partial charge in [-0.05, 0) is 24.8 Å². The Morgan fingerprint density at radius 3 is 2.33 bits per heavy atom. The van der Waals surface area contributed by atoms with Gasteiger partial charge in [0, 0.05) is 0 Å². The maximum absolute atomic E-state index is 10.6. The van der Waals surface area contributed by atoms with Crippen molar-refractivity contribution in [3.05, 3.63) is 12.2 Å². The molecule has 0 heterocycles. The summed E-state index contributed by atoms with van der Waals surface area (Å²) in [6.07, 6.45) is 7.46. The molecule has 3 nitrogen and oxygen atoms in total. The van der Waals surface area contributed by atoms with Crippen LogP contribution in [0.3, 0.4) is 0 Å². The van der Waals surface area contributed by atoms with Crippen LogP contribution in [0.2, 0.25) is 0 Å². The summed E-state index contributed by atoms with van der Waals surface area (Å²) >= 11 is 0. The van der Waals surface area contributed by atoms with Gasteiger partial charge in [-0.15, -0.1) is 0 Å². The molecule has 3 heteroatoms. The molecule has 0 aromatic rings. The summed E-state index contributed by atoms with van der Waals surface area (Å²) in [5.41, 5.74) is 0. The lowest BCUT2D eigenvalue weighted by Gasteiger charge is -1.97. The summed E-state index contributed by atoms with van der Waals surface area (Å²) in [7, 11) is 0. The first-order chi connectivity index (χ1) is 5.70. The van der Waals surface area contributed by atoms with Crippen molar-refractivity contribution >= 4 is 11.8 Å². The quantitative estimate of drug-likeness (QED) is 0.511. The number of aliphatic carboxylic acids is 1. The van der Waals surface area contributed by atoms with Crippen molar-refractivity contribution in [1.29, 1.82) is 0 Å². The molecule has 66 valence electrons. The molecule has 0 amide bonds. The van der Waals surface area contributed by atoms with Crippen molar-refractivity contribution < 1.29 is 14.7 Å². The van der Waals surface area contributed by atoms with Crippen molar-refractivity contribution in [2.75, 3.05) is 0 Å². The van der Waals surface area contributed by atoms with Gasteiger partial charge in [0.1, 0.15) is 0 Å². The normalized spacial score (nSPS) is 18.7. The first-order valence-corrected chi connectivity index (χ1v) is 4.15. The fourth-order valence-corrected chi connectivity index (χ4v) is 1.44. The molecule has 1 aliphatic rings. The first kappa shape index (κ1) is 8.97. The number of rotatable bonds is 3. The lowest BCUT2D eigenvalue weighted by atomic mass is 10.1. The van der Waals surface area contributed by atoms with Crippen LogP contribution in [-0.2, 0) is 9.59 Å². The molecule has 0 aromatic carbocycles. The topological polar surface area (TPSA) is 54.4 Å². The summed E-state index contributed by atoms with van der Waals surface area (Å²) in [6, 6.07) is 0. The summed E-state index contributed by atoms with van der Waals surface area (Å²) in [6.45, 7) is 0. The number of hydrogen-bond donors (Lipinski definition) is 1. The second kappa shape index (κ2) is 4.04. The smallest absolute Gasteiger partial charge is 0.376 e. The molecular weight excluding hydrogens is 156 g/mol. The van der Waals surface area contributed by atoms with Crippen molar-refractivity contribution in [1.82, 2.24) is 0 Å². The zero-order valence-electron chi connectivity index (χ0n) is 6.82. The second-order valence-electron chi connectivity index (χ2n) is 3.07. The van der Waals surface area contributed by atoms with Gasteiger partial charge in [0.15, 0.2) is 0 Å². The van der Waals surface area contributed by atoms with Gasteiger partial charge >= 0.3 is 5.97 Å². The highest BCUT2D eigenvalue weighted by Crippen LogP contribution is 2.25. The van der Waals surface area contributed by atoms with E-state index in [0.717, 1.165) is 12.8 Å². The average molecular weight is 168 g/mol. The number of hydrogen-bond acceptors (Lipinski definition) is 2. The van der Waals surface area contributed by atoms with Crippen LogP contribution in [0.1, 0.15) is 25.7 Å². The first-order valence-electron chi connectivity index (χ1n) is 4.15. The van der Waals surface area contributed by atoms with Gasteiger partial charge in [-0.1, -0.05) is 18.9 Å². The predicted molar refractivity (Wildman–Crippen MR) is 43.7 cm³/mol. The number of allylic oxidation sites excluding steroid dienone is 1. The zero-order valence-corrected chi connectivity index (χ0v) is 6.82. The molecule has 1 fully saturated rings. The van der Waals surface area contributed by atoms with E-state index in [1.165, 1.54) is 18.9 Å². The number of ketones is 1. The van der Waals surface area contributed by atoms with Crippen LogP contribution in [0.5, 0.6) is 0 Å². The number of carboxylic acids is 1. The Hall–Kier alpha value is -1.12. The van der Waals surface area contributed by atoms with Gasteiger partial charge in [-0.3, -0.25) is 4.79 Å². The van der Waals surface area contributed by atoms with E-state index in [-0.39, 0.29) is 0 Å². The SMILES string of the molecule is O=C(O)C(=O)/C=C/C1CCCC1. The zero-order chi connectivity index (χ0) is 8.97. The molecule has 0 unspecified atom stereocenters. The summed E-state index contributed by atoms with van der Waals surface area (Å²) in [5, 5.41) is 8.26. The minimum atomic E-state index is -1.37. The summed E-state index contributed by atoms with van der Waals surface area (Å²) in [4.78, 5) is 20.7. The molecule has 0 atom stereocenters. The molecule has 0 saturated heterocycles. The van der Waals surface area contributed by atoms with Crippen molar-refractivity contribution in [2.24, 2.45) is 5.92 Å². The van der Waals surface area contributed by atoms with E-state index >= 15 is 0 Å². The Morgan fingerprint density at radius 2 is 1.83 bits per heavy atom. The van der Waals surface area contributed by atoms with Gasteiger partial charge in [0.25, 0.3) is 5.78 Å². The van der Waals surface area contributed by atoms with E-state index in [2.05, 4.69) is 0 Å². The van der Waals surface area contributed by atoms with Gasteiger partial charge < -0.3 is 5.11 Å². The lowest BCUT2D eigenvalue weighted by molar-refractivity contribution is -0.146. The molecule has 12 heavy (non-hydrogen) atoms. The standard InChI is InChI=1S/C9H12O3/c10-8(9(11)12)6-5-7-3-1-2-4-7/h5-7H,1-4H2,(H,11,12)/b6-5+. The maximum atomic E-state index is 10.6. The predicted octanol–water partition coefficient (Wildman–Crippen LogP) is 1.39. The molecule has 1 aliphatic carbocycles. The molecule has 0 spiro atoms. The molecule has 0 radical (unpaired) electrons. The third-order valence-electron chi connectivity index (χ3n) is 2.13. The molecular formula is C9H12O3. The maximum Gasteiger partial charge on any atom is 0.376 e. The Morgan fingerprint density at radius 1 is 1.25 bits per heavy atom. The highest BCUT2D eigenvalue weighted by atomic mass is 16.4. The van der Waals surface area contributed by atoms with E-state index < -0.39 is 11.8 Å².